The molecule has 88 valence electrons. The van der Waals surface area contributed by atoms with Gasteiger partial charge in [0.1, 0.15) is 10.8 Å². The van der Waals surface area contributed by atoms with E-state index in [4.69, 9.17) is 10.5 Å². The molecule has 1 aromatic carbocycles. The van der Waals surface area contributed by atoms with Gasteiger partial charge >= 0.3 is 0 Å². The predicted octanol–water partition coefficient (Wildman–Crippen LogP) is 2.97. The number of benzene rings is 1. The van der Waals surface area contributed by atoms with Crippen molar-refractivity contribution in [2.45, 2.75) is 13.0 Å². The van der Waals surface area contributed by atoms with Crippen LogP contribution in [0, 0.1) is 0 Å². The number of rotatable bonds is 2. The molecule has 1 aromatic heterocycles. The number of nitrogens with zero attached hydrogens (tertiary/aromatic N) is 1. The van der Waals surface area contributed by atoms with Crippen molar-refractivity contribution >= 4 is 27.3 Å². The van der Waals surface area contributed by atoms with Crippen molar-refractivity contribution in [1.29, 1.82) is 0 Å². The van der Waals surface area contributed by atoms with E-state index < -0.39 is 0 Å². The zero-order chi connectivity index (χ0) is 11.8. The van der Waals surface area contributed by atoms with E-state index in [9.17, 15) is 0 Å². The number of ether oxygens (including phenoxy) is 1. The van der Waals surface area contributed by atoms with E-state index in [1.54, 1.807) is 11.3 Å². The molecule has 0 radical (unpaired) electrons. The van der Waals surface area contributed by atoms with Crippen molar-refractivity contribution < 1.29 is 4.74 Å². The van der Waals surface area contributed by atoms with E-state index in [1.165, 1.54) is 5.56 Å². The van der Waals surface area contributed by atoms with Crippen LogP contribution in [-0.2, 0) is 13.0 Å². The number of fused-ring (bicyclic) bond motifs is 1. The molecule has 2 N–H and O–H groups in total. The summed E-state index contributed by atoms with van der Waals surface area (Å²) in [5, 5.41) is 1.01. The summed E-state index contributed by atoms with van der Waals surface area (Å²) in [6, 6.07) is 6.23. The van der Waals surface area contributed by atoms with Gasteiger partial charge in [0.2, 0.25) is 0 Å². The SMILES string of the molecule is NCc1nc(-c2ccc3c(c2)CCO3)sc1Br. The fourth-order valence-electron chi connectivity index (χ4n) is 1.90. The maximum atomic E-state index is 5.63. The third-order valence-corrected chi connectivity index (χ3v) is 4.66. The van der Waals surface area contributed by atoms with Crippen molar-refractivity contribution in [3.63, 3.8) is 0 Å². The third kappa shape index (κ3) is 1.99. The monoisotopic (exact) mass is 310 g/mol. The Morgan fingerprint density at radius 3 is 3.12 bits per heavy atom. The highest BCUT2D eigenvalue weighted by atomic mass is 79.9. The first-order valence-corrected chi connectivity index (χ1v) is 7.00. The summed E-state index contributed by atoms with van der Waals surface area (Å²) in [5.74, 6) is 1.00. The van der Waals surface area contributed by atoms with Crippen LogP contribution in [0.3, 0.4) is 0 Å². The number of halogens is 1. The van der Waals surface area contributed by atoms with Gasteiger partial charge in [0, 0.05) is 18.5 Å². The van der Waals surface area contributed by atoms with Gasteiger partial charge in [-0.3, -0.25) is 0 Å². The summed E-state index contributed by atoms with van der Waals surface area (Å²) in [6.45, 7) is 1.25. The Morgan fingerprint density at radius 2 is 2.35 bits per heavy atom. The van der Waals surface area contributed by atoms with E-state index in [1.807, 2.05) is 6.07 Å². The van der Waals surface area contributed by atoms with Crippen LogP contribution in [0.25, 0.3) is 10.6 Å². The van der Waals surface area contributed by atoms with Gasteiger partial charge in [-0.15, -0.1) is 11.3 Å². The van der Waals surface area contributed by atoms with Crippen molar-refractivity contribution in [3.8, 4) is 16.3 Å². The Kier molecular flexibility index (Phi) is 2.90. The summed E-state index contributed by atoms with van der Waals surface area (Å²) in [6.07, 6.45) is 0.986. The van der Waals surface area contributed by atoms with E-state index in [-0.39, 0.29) is 0 Å². The first-order chi connectivity index (χ1) is 8.28. The topological polar surface area (TPSA) is 48.1 Å². The lowest BCUT2D eigenvalue weighted by molar-refractivity contribution is 0.357. The average molecular weight is 311 g/mol. The Labute approximate surface area is 112 Å². The van der Waals surface area contributed by atoms with Crippen LogP contribution >= 0.6 is 27.3 Å². The predicted molar refractivity (Wildman–Crippen MR) is 72.3 cm³/mol. The summed E-state index contributed by atoms with van der Waals surface area (Å²) < 4.78 is 6.51. The normalized spacial score (nSPS) is 13.5. The highest BCUT2D eigenvalue weighted by Gasteiger charge is 2.15. The quantitative estimate of drug-likeness (QED) is 0.927. The van der Waals surface area contributed by atoms with Crippen LogP contribution in [0.1, 0.15) is 11.3 Å². The Morgan fingerprint density at radius 1 is 1.47 bits per heavy atom. The number of hydrogen-bond acceptors (Lipinski definition) is 4. The van der Waals surface area contributed by atoms with Crippen LogP contribution in [0.5, 0.6) is 5.75 Å². The zero-order valence-corrected chi connectivity index (χ0v) is 11.5. The van der Waals surface area contributed by atoms with Gasteiger partial charge in [0.25, 0.3) is 0 Å². The molecular formula is C12H11BrN2OS. The van der Waals surface area contributed by atoms with Crippen LogP contribution in [0.4, 0.5) is 0 Å². The number of thiazole rings is 1. The molecule has 1 aliphatic heterocycles. The molecule has 0 spiro atoms. The minimum absolute atomic E-state index is 0.463. The molecule has 0 saturated heterocycles. The minimum Gasteiger partial charge on any atom is -0.493 e. The molecule has 1 aliphatic rings. The summed E-state index contributed by atoms with van der Waals surface area (Å²) >= 11 is 5.11. The van der Waals surface area contributed by atoms with E-state index in [2.05, 4.69) is 33.0 Å². The highest BCUT2D eigenvalue weighted by molar-refractivity contribution is 9.11. The molecule has 2 heterocycles. The molecule has 0 atom stereocenters. The molecule has 0 aliphatic carbocycles. The Bertz CT molecular complexity index is 568. The summed E-state index contributed by atoms with van der Waals surface area (Å²) in [5.41, 5.74) is 8.95. The van der Waals surface area contributed by atoms with Crippen LogP contribution in [0.15, 0.2) is 22.0 Å². The minimum atomic E-state index is 0.463. The second-order valence-electron chi connectivity index (χ2n) is 3.86. The molecule has 0 amide bonds. The lowest BCUT2D eigenvalue weighted by Crippen LogP contribution is -1.96. The van der Waals surface area contributed by atoms with Gasteiger partial charge in [-0.2, -0.15) is 0 Å². The molecule has 0 bridgehead atoms. The fraction of sp³-hybridized carbons (Fsp3) is 0.250. The molecule has 3 rings (SSSR count). The standard InChI is InChI=1S/C12H11BrN2OS/c13-11-9(6-14)15-12(17-11)8-1-2-10-7(5-8)3-4-16-10/h1-2,5H,3-4,6,14H2. The lowest BCUT2D eigenvalue weighted by Gasteiger charge is -2.00. The molecule has 0 unspecified atom stereocenters. The van der Waals surface area contributed by atoms with E-state index in [0.717, 1.165) is 38.8 Å². The molecule has 3 nitrogen and oxygen atoms in total. The molecule has 0 fully saturated rings. The van der Waals surface area contributed by atoms with Gasteiger partial charge in [-0.1, -0.05) is 0 Å². The lowest BCUT2D eigenvalue weighted by atomic mass is 10.1. The van der Waals surface area contributed by atoms with E-state index in [0.29, 0.717) is 6.54 Å². The largest absolute Gasteiger partial charge is 0.493 e. The van der Waals surface area contributed by atoms with Crippen LogP contribution in [0.2, 0.25) is 0 Å². The van der Waals surface area contributed by atoms with Crippen molar-refractivity contribution in [3.05, 3.63) is 33.2 Å². The number of hydrogen-bond donors (Lipinski definition) is 1. The smallest absolute Gasteiger partial charge is 0.124 e. The fourth-order valence-corrected chi connectivity index (χ4v) is 3.43. The molecular weight excluding hydrogens is 300 g/mol. The van der Waals surface area contributed by atoms with Crippen molar-refractivity contribution in [2.75, 3.05) is 6.61 Å². The van der Waals surface area contributed by atoms with Gasteiger partial charge in [-0.25, -0.2) is 4.98 Å². The highest BCUT2D eigenvalue weighted by Crippen LogP contribution is 2.35. The zero-order valence-electron chi connectivity index (χ0n) is 9.07. The van der Waals surface area contributed by atoms with Crippen molar-refractivity contribution in [2.24, 2.45) is 5.73 Å². The maximum Gasteiger partial charge on any atom is 0.124 e. The summed E-state index contributed by atoms with van der Waals surface area (Å²) in [4.78, 5) is 4.53. The van der Waals surface area contributed by atoms with Gasteiger partial charge in [-0.05, 0) is 39.7 Å². The Hall–Kier alpha value is -0.910. The molecule has 0 saturated carbocycles. The molecule has 5 heteroatoms. The number of nitrogens with two attached hydrogens (primary N) is 1. The van der Waals surface area contributed by atoms with Crippen LogP contribution < -0.4 is 10.5 Å². The molecule has 17 heavy (non-hydrogen) atoms. The van der Waals surface area contributed by atoms with Gasteiger partial charge in [0.15, 0.2) is 0 Å². The van der Waals surface area contributed by atoms with Gasteiger partial charge in [0.05, 0.1) is 16.1 Å². The second kappa shape index (κ2) is 4.40. The Balaban J connectivity index is 2.03. The maximum absolute atomic E-state index is 5.63. The first kappa shape index (κ1) is 11.2. The molecule has 2 aromatic rings. The van der Waals surface area contributed by atoms with Gasteiger partial charge < -0.3 is 10.5 Å². The van der Waals surface area contributed by atoms with Crippen molar-refractivity contribution in [1.82, 2.24) is 4.98 Å². The average Bonchev–Trinajstić information content (AvgIpc) is 2.93. The second-order valence-corrected chi connectivity index (χ2v) is 6.18. The van der Waals surface area contributed by atoms with E-state index >= 15 is 0 Å². The number of aromatic nitrogens is 1. The first-order valence-electron chi connectivity index (χ1n) is 5.39. The van der Waals surface area contributed by atoms with Crippen LogP contribution in [-0.4, -0.2) is 11.6 Å². The third-order valence-electron chi connectivity index (χ3n) is 2.78. The summed E-state index contributed by atoms with van der Waals surface area (Å²) in [7, 11) is 0.